The highest BCUT2D eigenvalue weighted by atomic mass is 32.1. The monoisotopic (exact) mass is 360 g/mol. The van der Waals surface area contributed by atoms with Crippen LogP contribution < -0.4 is 0 Å². The SMILES string of the molecule is C=C/C=C(\C=C\Cc1ccc(Cc2cc(C)ccc2C)s1)OC(F)F. The molecule has 0 atom stereocenters. The number of rotatable bonds is 8. The van der Waals surface area contributed by atoms with E-state index in [1.807, 2.05) is 6.08 Å². The minimum atomic E-state index is -2.83. The van der Waals surface area contributed by atoms with Crippen molar-refractivity contribution in [2.45, 2.75) is 33.3 Å². The van der Waals surface area contributed by atoms with Gasteiger partial charge in [-0.15, -0.1) is 11.3 Å². The van der Waals surface area contributed by atoms with Crippen molar-refractivity contribution in [3.63, 3.8) is 0 Å². The van der Waals surface area contributed by atoms with Gasteiger partial charge in [0.05, 0.1) is 0 Å². The van der Waals surface area contributed by atoms with Gasteiger partial charge in [0.2, 0.25) is 0 Å². The van der Waals surface area contributed by atoms with E-state index in [0.717, 1.165) is 6.42 Å². The summed E-state index contributed by atoms with van der Waals surface area (Å²) in [6.07, 6.45) is 7.82. The summed E-state index contributed by atoms with van der Waals surface area (Å²) in [5.74, 6) is 0.108. The molecule has 1 aromatic carbocycles. The zero-order chi connectivity index (χ0) is 18.2. The van der Waals surface area contributed by atoms with Gasteiger partial charge in [0, 0.05) is 22.6 Å². The zero-order valence-corrected chi connectivity index (χ0v) is 15.3. The number of alkyl halides is 2. The van der Waals surface area contributed by atoms with Gasteiger partial charge in [-0.2, -0.15) is 8.78 Å². The van der Waals surface area contributed by atoms with Gasteiger partial charge in [0.1, 0.15) is 5.76 Å². The Morgan fingerprint density at radius 3 is 2.68 bits per heavy atom. The minimum Gasteiger partial charge on any atom is -0.435 e. The van der Waals surface area contributed by atoms with Gasteiger partial charge in [-0.3, -0.25) is 0 Å². The van der Waals surface area contributed by atoms with Gasteiger partial charge in [0.15, 0.2) is 0 Å². The third-order valence-corrected chi connectivity index (χ3v) is 4.80. The first-order valence-corrected chi connectivity index (χ1v) is 8.87. The Kier molecular flexibility index (Phi) is 7.14. The number of allylic oxidation sites excluding steroid dienone is 4. The number of thiophene rings is 1. The molecule has 0 aliphatic rings. The molecule has 4 heteroatoms. The number of aryl methyl sites for hydroxylation is 2. The molecule has 2 aromatic rings. The second-order valence-corrected chi connectivity index (χ2v) is 7.02. The van der Waals surface area contributed by atoms with E-state index in [-0.39, 0.29) is 5.76 Å². The molecule has 0 unspecified atom stereocenters. The van der Waals surface area contributed by atoms with Crippen LogP contribution >= 0.6 is 11.3 Å². The average molecular weight is 360 g/mol. The summed E-state index contributed by atoms with van der Waals surface area (Å²) in [6.45, 7) is 4.89. The van der Waals surface area contributed by atoms with Crippen LogP contribution in [-0.4, -0.2) is 6.61 Å². The second kappa shape index (κ2) is 9.33. The van der Waals surface area contributed by atoms with Gasteiger partial charge >= 0.3 is 6.61 Å². The molecule has 0 spiro atoms. The summed E-state index contributed by atoms with van der Waals surface area (Å²) in [5, 5.41) is 0. The summed E-state index contributed by atoms with van der Waals surface area (Å²) < 4.78 is 29.0. The topological polar surface area (TPSA) is 9.23 Å². The van der Waals surface area contributed by atoms with Crippen molar-refractivity contribution in [3.8, 4) is 0 Å². The molecule has 0 saturated carbocycles. The van der Waals surface area contributed by atoms with Crippen LogP contribution in [0.4, 0.5) is 8.78 Å². The van der Waals surface area contributed by atoms with Crippen LogP contribution in [0.15, 0.2) is 67.0 Å². The smallest absolute Gasteiger partial charge is 0.387 e. The van der Waals surface area contributed by atoms with Crippen molar-refractivity contribution in [3.05, 3.63) is 93.4 Å². The number of hydrogen-bond donors (Lipinski definition) is 0. The van der Waals surface area contributed by atoms with Crippen LogP contribution in [0.2, 0.25) is 0 Å². The van der Waals surface area contributed by atoms with Crippen LogP contribution in [-0.2, 0) is 17.6 Å². The molecular formula is C21H22F2OS. The molecule has 0 aliphatic heterocycles. The van der Waals surface area contributed by atoms with Crippen LogP contribution in [0.3, 0.4) is 0 Å². The van der Waals surface area contributed by atoms with Crippen molar-refractivity contribution < 1.29 is 13.5 Å². The van der Waals surface area contributed by atoms with Crippen LogP contribution in [0.25, 0.3) is 0 Å². The summed E-state index contributed by atoms with van der Waals surface area (Å²) >= 11 is 1.74. The Morgan fingerprint density at radius 1 is 1.20 bits per heavy atom. The predicted octanol–water partition coefficient (Wildman–Crippen LogP) is 6.36. The van der Waals surface area contributed by atoms with Gasteiger partial charge in [-0.05, 0) is 49.3 Å². The van der Waals surface area contributed by atoms with Crippen LogP contribution in [0.1, 0.15) is 26.4 Å². The summed E-state index contributed by atoms with van der Waals surface area (Å²) in [5.41, 5.74) is 3.90. The average Bonchev–Trinajstić information content (AvgIpc) is 2.98. The molecule has 0 amide bonds. The molecule has 1 heterocycles. The van der Waals surface area contributed by atoms with E-state index in [0.29, 0.717) is 6.42 Å². The molecule has 1 nitrogen and oxygen atoms in total. The molecule has 1 aromatic heterocycles. The van der Waals surface area contributed by atoms with E-state index >= 15 is 0 Å². The van der Waals surface area contributed by atoms with Crippen molar-refractivity contribution >= 4 is 11.3 Å². The molecule has 132 valence electrons. The maximum Gasteiger partial charge on any atom is 0.387 e. The van der Waals surface area contributed by atoms with E-state index in [1.165, 1.54) is 38.6 Å². The van der Waals surface area contributed by atoms with Crippen molar-refractivity contribution in [1.82, 2.24) is 0 Å². The Balaban J connectivity index is 1.99. The lowest BCUT2D eigenvalue weighted by Gasteiger charge is -2.05. The Morgan fingerprint density at radius 2 is 1.96 bits per heavy atom. The van der Waals surface area contributed by atoms with E-state index in [9.17, 15) is 8.78 Å². The van der Waals surface area contributed by atoms with Gasteiger partial charge in [-0.25, -0.2) is 0 Å². The maximum atomic E-state index is 12.3. The molecule has 0 aliphatic carbocycles. The van der Waals surface area contributed by atoms with E-state index in [4.69, 9.17) is 0 Å². The third-order valence-electron chi connectivity index (χ3n) is 3.70. The highest BCUT2D eigenvalue weighted by Gasteiger charge is 2.05. The van der Waals surface area contributed by atoms with Gasteiger partial charge in [-0.1, -0.05) is 42.5 Å². The second-order valence-electron chi connectivity index (χ2n) is 5.76. The Bertz CT molecular complexity index is 772. The largest absolute Gasteiger partial charge is 0.435 e. The zero-order valence-electron chi connectivity index (χ0n) is 14.5. The quantitative estimate of drug-likeness (QED) is 0.393. The predicted molar refractivity (Wildman–Crippen MR) is 101 cm³/mol. The van der Waals surface area contributed by atoms with E-state index < -0.39 is 6.61 Å². The van der Waals surface area contributed by atoms with Crippen molar-refractivity contribution in [2.24, 2.45) is 0 Å². The number of ether oxygens (including phenoxy) is 1. The van der Waals surface area contributed by atoms with Crippen molar-refractivity contribution in [1.29, 1.82) is 0 Å². The van der Waals surface area contributed by atoms with Gasteiger partial charge in [0.25, 0.3) is 0 Å². The molecule has 0 N–H and O–H groups in total. The number of hydrogen-bond acceptors (Lipinski definition) is 2. The summed E-state index contributed by atoms with van der Waals surface area (Å²) in [6, 6.07) is 10.7. The number of halogens is 2. The molecule has 0 radical (unpaired) electrons. The fourth-order valence-corrected chi connectivity index (χ4v) is 3.47. The van der Waals surface area contributed by atoms with Crippen LogP contribution in [0.5, 0.6) is 0 Å². The fraction of sp³-hybridized carbons (Fsp3) is 0.238. The first-order valence-electron chi connectivity index (χ1n) is 8.05. The van der Waals surface area contributed by atoms with E-state index in [1.54, 1.807) is 17.4 Å². The minimum absolute atomic E-state index is 0.108. The summed E-state index contributed by atoms with van der Waals surface area (Å²) in [4.78, 5) is 2.48. The molecule has 0 fully saturated rings. The lowest BCUT2D eigenvalue weighted by atomic mass is 10.0. The molecule has 0 saturated heterocycles. The first kappa shape index (κ1) is 19.1. The Labute approximate surface area is 152 Å². The fourth-order valence-electron chi connectivity index (χ4n) is 2.45. The molecule has 2 rings (SSSR count). The van der Waals surface area contributed by atoms with E-state index in [2.05, 4.69) is 55.5 Å². The highest BCUT2D eigenvalue weighted by Crippen LogP contribution is 2.23. The normalized spacial score (nSPS) is 12.1. The van der Waals surface area contributed by atoms with Crippen molar-refractivity contribution in [2.75, 3.05) is 0 Å². The van der Waals surface area contributed by atoms with Gasteiger partial charge < -0.3 is 4.74 Å². The molecule has 25 heavy (non-hydrogen) atoms. The number of benzene rings is 1. The summed E-state index contributed by atoms with van der Waals surface area (Å²) in [7, 11) is 0. The highest BCUT2D eigenvalue weighted by molar-refractivity contribution is 7.12. The molecular weight excluding hydrogens is 338 g/mol. The molecule has 0 bridgehead atoms. The maximum absolute atomic E-state index is 12.3. The lowest BCUT2D eigenvalue weighted by Crippen LogP contribution is -1.96. The Hall–Kier alpha value is -2.20. The van der Waals surface area contributed by atoms with Crippen LogP contribution in [0, 0.1) is 13.8 Å². The standard InChI is InChI=1S/C21H22F2OS/c1-4-6-18(24-21(22)23)7-5-8-19-11-12-20(25-19)14-17-13-15(2)9-10-16(17)3/h4-7,9-13,21H,1,8,14H2,2-3H3/b7-5+,18-6+. The third kappa shape index (κ3) is 6.31. The lowest BCUT2D eigenvalue weighted by molar-refractivity contribution is -0.0920. The first-order chi connectivity index (χ1) is 12.0.